The van der Waals surface area contributed by atoms with E-state index >= 15 is 0 Å². The highest BCUT2D eigenvalue weighted by molar-refractivity contribution is 5.74. The van der Waals surface area contributed by atoms with Gasteiger partial charge in [-0.25, -0.2) is 0 Å². The summed E-state index contributed by atoms with van der Waals surface area (Å²) >= 11 is 0. The number of carbonyl (C=O) groups is 1. The molecule has 0 saturated heterocycles. The van der Waals surface area contributed by atoms with Crippen LogP contribution >= 0.6 is 0 Å². The van der Waals surface area contributed by atoms with Crippen molar-refractivity contribution in [3.05, 3.63) is 24.3 Å². The van der Waals surface area contributed by atoms with Crippen molar-refractivity contribution in [3.63, 3.8) is 0 Å². The molecule has 1 amide bonds. The topological polar surface area (TPSA) is 72.3 Å². The van der Waals surface area contributed by atoms with Crippen molar-refractivity contribution in [3.8, 4) is 0 Å². The second kappa shape index (κ2) is 6.00. The summed E-state index contributed by atoms with van der Waals surface area (Å²) in [6.45, 7) is 3.68. The molecule has 0 aliphatic carbocycles. The van der Waals surface area contributed by atoms with Crippen LogP contribution in [0.3, 0.4) is 0 Å². The molecule has 0 heterocycles. The summed E-state index contributed by atoms with van der Waals surface area (Å²) in [5.74, 6) is -0.267. The second-order valence-corrected chi connectivity index (χ2v) is 3.79. The molecule has 4 heteroatoms. The Balaban J connectivity index is 2.68. The Morgan fingerprint density at radius 1 is 1.25 bits per heavy atom. The van der Waals surface area contributed by atoms with Gasteiger partial charge in [0.15, 0.2) is 0 Å². The van der Waals surface area contributed by atoms with Gasteiger partial charge in [-0.1, -0.05) is 6.92 Å². The first-order valence-electron chi connectivity index (χ1n) is 5.52. The predicted molar refractivity (Wildman–Crippen MR) is 67.2 cm³/mol. The fraction of sp³-hybridized carbons (Fsp3) is 0.417. The largest absolute Gasteiger partial charge is 0.399 e. The van der Waals surface area contributed by atoms with E-state index < -0.39 is 0 Å². The number of anilines is 2. The minimum absolute atomic E-state index is 0.267. The molecule has 4 nitrogen and oxygen atoms in total. The summed E-state index contributed by atoms with van der Waals surface area (Å²) in [5, 5.41) is 0. The number of carbonyl (C=O) groups excluding carboxylic acids is 1. The molecule has 0 radical (unpaired) electrons. The molecule has 1 rings (SSSR count). The van der Waals surface area contributed by atoms with Crippen molar-refractivity contribution < 1.29 is 4.79 Å². The molecule has 0 aliphatic rings. The third kappa shape index (κ3) is 3.81. The summed E-state index contributed by atoms with van der Waals surface area (Å²) in [6.07, 6.45) is 1.41. The average Bonchev–Trinajstić information content (AvgIpc) is 2.25. The molecule has 0 aliphatic heterocycles. The minimum Gasteiger partial charge on any atom is -0.399 e. The van der Waals surface area contributed by atoms with Crippen LogP contribution in [-0.4, -0.2) is 19.0 Å². The summed E-state index contributed by atoms with van der Waals surface area (Å²) in [7, 11) is 0. The zero-order valence-electron chi connectivity index (χ0n) is 9.65. The molecule has 88 valence electrons. The molecule has 0 unspecified atom stereocenters. The van der Waals surface area contributed by atoms with Gasteiger partial charge >= 0.3 is 0 Å². The maximum Gasteiger partial charge on any atom is 0.219 e. The van der Waals surface area contributed by atoms with E-state index in [1.807, 2.05) is 24.3 Å². The first-order valence-corrected chi connectivity index (χ1v) is 5.52. The molecule has 0 saturated carbocycles. The Labute approximate surface area is 96.2 Å². The third-order valence-electron chi connectivity index (χ3n) is 2.38. The van der Waals surface area contributed by atoms with Gasteiger partial charge in [0.1, 0.15) is 0 Å². The maximum atomic E-state index is 10.8. The van der Waals surface area contributed by atoms with E-state index in [4.69, 9.17) is 11.5 Å². The Hall–Kier alpha value is -1.71. The van der Waals surface area contributed by atoms with Crippen LogP contribution < -0.4 is 16.4 Å². The van der Waals surface area contributed by atoms with Gasteiger partial charge in [-0.2, -0.15) is 0 Å². The van der Waals surface area contributed by atoms with Crippen LogP contribution in [0.4, 0.5) is 11.4 Å². The molecule has 16 heavy (non-hydrogen) atoms. The number of nitrogen functional groups attached to an aromatic ring is 1. The number of amides is 1. The molecule has 0 fully saturated rings. The maximum absolute atomic E-state index is 10.8. The quantitative estimate of drug-likeness (QED) is 0.712. The fourth-order valence-corrected chi connectivity index (χ4v) is 1.57. The van der Waals surface area contributed by atoms with Crippen LogP contribution in [0.15, 0.2) is 24.3 Å². The summed E-state index contributed by atoms with van der Waals surface area (Å²) in [4.78, 5) is 12.9. The van der Waals surface area contributed by atoms with Gasteiger partial charge in [-0.05, 0) is 30.7 Å². The molecular weight excluding hydrogens is 202 g/mol. The third-order valence-corrected chi connectivity index (χ3v) is 2.38. The molecule has 1 aromatic carbocycles. The lowest BCUT2D eigenvalue weighted by Gasteiger charge is -2.23. The van der Waals surface area contributed by atoms with Gasteiger partial charge in [0.2, 0.25) is 5.91 Å². The average molecular weight is 221 g/mol. The molecule has 4 N–H and O–H groups in total. The van der Waals surface area contributed by atoms with Gasteiger partial charge in [0, 0.05) is 30.9 Å². The number of hydrogen-bond donors (Lipinski definition) is 2. The predicted octanol–water partition coefficient (Wildman–Crippen LogP) is 1.36. The number of nitrogens with zero attached hydrogens (tertiary/aromatic N) is 1. The molecule has 0 spiro atoms. The van der Waals surface area contributed by atoms with Crippen molar-refractivity contribution >= 4 is 17.3 Å². The summed E-state index contributed by atoms with van der Waals surface area (Å²) < 4.78 is 0. The molecule has 0 atom stereocenters. The zero-order valence-corrected chi connectivity index (χ0v) is 9.65. The van der Waals surface area contributed by atoms with E-state index in [0.29, 0.717) is 13.0 Å². The van der Waals surface area contributed by atoms with Gasteiger partial charge in [-0.3, -0.25) is 4.79 Å². The lowest BCUT2D eigenvalue weighted by molar-refractivity contribution is -0.117. The minimum atomic E-state index is -0.267. The van der Waals surface area contributed by atoms with E-state index in [0.717, 1.165) is 24.3 Å². The first kappa shape index (κ1) is 12.4. The van der Waals surface area contributed by atoms with Crippen LogP contribution in [0.2, 0.25) is 0 Å². The van der Waals surface area contributed by atoms with Crippen LogP contribution in [0.25, 0.3) is 0 Å². The van der Waals surface area contributed by atoms with Crippen LogP contribution in [0.1, 0.15) is 19.8 Å². The van der Waals surface area contributed by atoms with E-state index in [-0.39, 0.29) is 5.91 Å². The SMILES string of the molecule is CCCN(CCC(N)=O)c1ccc(N)cc1. The van der Waals surface area contributed by atoms with E-state index in [9.17, 15) is 4.79 Å². The summed E-state index contributed by atoms with van der Waals surface area (Å²) in [5.41, 5.74) is 12.6. The monoisotopic (exact) mass is 221 g/mol. The van der Waals surface area contributed by atoms with Crippen molar-refractivity contribution in [2.24, 2.45) is 5.73 Å². The lowest BCUT2D eigenvalue weighted by atomic mass is 10.2. The molecule has 0 aromatic heterocycles. The zero-order chi connectivity index (χ0) is 12.0. The molecular formula is C12H19N3O. The smallest absolute Gasteiger partial charge is 0.219 e. The van der Waals surface area contributed by atoms with Crippen LogP contribution in [-0.2, 0) is 4.79 Å². The number of rotatable bonds is 6. The Kier molecular flexibility index (Phi) is 4.64. The van der Waals surface area contributed by atoms with Crippen LogP contribution in [0.5, 0.6) is 0 Å². The first-order chi connectivity index (χ1) is 7.63. The summed E-state index contributed by atoms with van der Waals surface area (Å²) in [6, 6.07) is 7.66. The second-order valence-electron chi connectivity index (χ2n) is 3.79. The number of hydrogen-bond acceptors (Lipinski definition) is 3. The van der Waals surface area contributed by atoms with Crippen molar-refractivity contribution in [1.82, 2.24) is 0 Å². The van der Waals surface area contributed by atoms with Gasteiger partial charge in [-0.15, -0.1) is 0 Å². The van der Waals surface area contributed by atoms with Crippen molar-refractivity contribution in [2.45, 2.75) is 19.8 Å². The van der Waals surface area contributed by atoms with Gasteiger partial charge in [0.05, 0.1) is 0 Å². The number of nitrogens with two attached hydrogens (primary N) is 2. The lowest BCUT2D eigenvalue weighted by Crippen LogP contribution is -2.28. The van der Waals surface area contributed by atoms with Crippen molar-refractivity contribution in [2.75, 3.05) is 23.7 Å². The normalized spacial score (nSPS) is 10.1. The van der Waals surface area contributed by atoms with Gasteiger partial charge < -0.3 is 16.4 Å². The van der Waals surface area contributed by atoms with Gasteiger partial charge in [0.25, 0.3) is 0 Å². The number of benzene rings is 1. The highest BCUT2D eigenvalue weighted by Crippen LogP contribution is 2.16. The Bertz CT molecular complexity index is 335. The molecule has 1 aromatic rings. The van der Waals surface area contributed by atoms with E-state index in [1.54, 1.807) is 0 Å². The van der Waals surface area contributed by atoms with Crippen LogP contribution in [0, 0.1) is 0 Å². The highest BCUT2D eigenvalue weighted by Gasteiger charge is 2.06. The van der Waals surface area contributed by atoms with Crippen molar-refractivity contribution in [1.29, 1.82) is 0 Å². The number of primary amides is 1. The molecule has 0 bridgehead atoms. The fourth-order valence-electron chi connectivity index (χ4n) is 1.57. The standard InChI is InChI=1S/C12H19N3O/c1-2-8-15(9-7-12(14)16)11-5-3-10(13)4-6-11/h3-6H,2,7-9,13H2,1H3,(H2,14,16). The Morgan fingerprint density at radius 3 is 2.38 bits per heavy atom. The van der Waals surface area contributed by atoms with E-state index in [2.05, 4.69) is 11.8 Å². The Morgan fingerprint density at radius 2 is 1.88 bits per heavy atom. The highest BCUT2D eigenvalue weighted by atomic mass is 16.1. The van der Waals surface area contributed by atoms with E-state index in [1.165, 1.54) is 0 Å².